The van der Waals surface area contributed by atoms with E-state index >= 15 is 0 Å². The largest absolute Gasteiger partial charge is 0.503 e. The highest BCUT2D eigenvalue weighted by Gasteiger charge is 2.44. The third kappa shape index (κ3) is 4.94. The van der Waals surface area contributed by atoms with Crippen molar-refractivity contribution in [1.29, 1.82) is 0 Å². The van der Waals surface area contributed by atoms with Crippen molar-refractivity contribution in [3.63, 3.8) is 0 Å². The number of aliphatic hydroxyl groups excluding tert-OH is 1. The van der Waals surface area contributed by atoms with E-state index in [0.29, 0.717) is 36.0 Å². The van der Waals surface area contributed by atoms with E-state index in [4.69, 9.17) is 13.9 Å². The van der Waals surface area contributed by atoms with E-state index in [1.54, 1.807) is 37.3 Å². The number of furan rings is 1. The summed E-state index contributed by atoms with van der Waals surface area (Å²) in [6, 6.07) is 17.2. The number of carbonyl (C=O) groups excluding carboxylic acids is 2. The SMILES string of the molecule is CCCOc1ccc(C2C(C(=O)c3ccc(C)o3)=C(O)C(=O)N2Cc2ccccc2)cc1OCC. The highest BCUT2D eigenvalue weighted by molar-refractivity contribution is 6.15. The molecule has 7 heteroatoms. The lowest BCUT2D eigenvalue weighted by molar-refractivity contribution is -0.130. The molecule has 0 aliphatic carbocycles. The number of Topliss-reactive ketones (excluding diaryl/α,β-unsaturated/α-hetero) is 1. The van der Waals surface area contributed by atoms with Crippen LogP contribution in [0.1, 0.15) is 53.8 Å². The van der Waals surface area contributed by atoms with Crippen LogP contribution in [0.25, 0.3) is 0 Å². The molecule has 0 bridgehead atoms. The van der Waals surface area contributed by atoms with Gasteiger partial charge in [0.25, 0.3) is 5.91 Å². The highest BCUT2D eigenvalue weighted by Crippen LogP contribution is 2.42. The van der Waals surface area contributed by atoms with Crippen LogP contribution in [-0.2, 0) is 11.3 Å². The Morgan fingerprint density at radius 3 is 2.46 bits per heavy atom. The second-order valence-corrected chi connectivity index (χ2v) is 8.31. The fourth-order valence-electron chi connectivity index (χ4n) is 4.16. The summed E-state index contributed by atoms with van der Waals surface area (Å²) in [6.45, 7) is 6.78. The van der Waals surface area contributed by atoms with Gasteiger partial charge in [0, 0.05) is 6.54 Å². The molecule has 182 valence electrons. The van der Waals surface area contributed by atoms with Crippen molar-refractivity contribution in [3.05, 3.63) is 94.6 Å². The zero-order valence-electron chi connectivity index (χ0n) is 20.1. The van der Waals surface area contributed by atoms with Gasteiger partial charge >= 0.3 is 0 Å². The molecule has 1 unspecified atom stereocenters. The van der Waals surface area contributed by atoms with Crippen molar-refractivity contribution in [2.45, 2.75) is 39.8 Å². The predicted molar refractivity (Wildman–Crippen MR) is 131 cm³/mol. The van der Waals surface area contributed by atoms with Crippen molar-refractivity contribution in [2.75, 3.05) is 13.2 Å². The number of ether oxygens (including phenoxy) is 2. The zero-order valence-corrected chi connectivity index (χ0v) is 20.1. The van der Waals surface area contributed by atoms with E-state index in [1.165, 1.54) is 4.90 Å². The lowest BCUT2D eigenvalue weighted by Gasteiger charge is -2.27. The topological polar surface area (TPSA) is 89.2 Å². The molecule has 1 N–H and O–H groups in total. The quantitative estimate of drug-likeness (QED) is 0.387. The van der Waals surface area contributed by atoms with Crippen molar-refractivity contribution in [2.24, 2.45) is 0 Å². The Balaban J connectivity index is 1.80. The molecular weight excluding hydrogens is 446 g/mol. The maximum absolute atomic E-state index is 13.5. The van der Waals surface area contributed by atoms with Crippen molar-refractivity contribution >= 4 is 11.7 Å². The first-order valence-corrected chi connectivity index (χ1v) is 11.7. The lowest BCUT2D eigenvalue weighted by Crippen LogP contribution is -2.30. The highest BCUT2D eigenvalue weighted by atomic mass is 16.5. The zero-order chi connectivity index (χ0) is 24.9. The minimum absolute atomic E-state index is 0.0232. The number of ketones is 1. The summed E-state index contributed by atoms with van der Waals surface area (Å²) in [4.78, 5) is 28.2. The van der Waals surface area contributed by atoms with Gasteiger partial charge in [-0.15, -0.1) is 0 Å². The maximum atomic E-state index is 13.5. The van der Waals surface area contributed by atoms with E-state index in [0.717, 1.165) is 12.0 Å². The van der Waals surface area contributed by atoms with E-state index in [1.807, 2.05) is 44.2 Å². The fourth-order valence-corrected chi connectivity index (χ4v) is 4.16. The molecule has 0 spiro atoms. The number of aryl methyl sites for hydroxylation is 1. The standard InChI is InChI=1S/C28H29NO6/c1-4-15-34-21-14-12-20(16-23(21)33-5-2)25-24(26(30)22-13-11-18(3)35-22)27(31)28(32)29(25)17-19-9-7-6-8-10-19/h6-14,16,25,31H,4-5,15,17H2,1-3H3. The van der Waals surface area contributed by atoms with Gasteiger partial charge in [-0.2, -0.15) is 0 Å². The fraction of sp³-hybridized carbons (Fsp3) is 0.286. The molecule has 1 amide bonds. The lowest BCUT2D eigenvalue weighted by atomic mass is 9.94. The summed E-state index contributed by atoms with van der Waals surface area (Å²) in [7, 11) is 0. The Labute approximate surface area is 204 Å². The number of hydrogen-bond donors (Lipinski definition) is 1. The molecule has 7 nitrogen and oxygen atoms in total. The Kier molecular flexibility index (Phi) is 7.25. The molecule has 0 fully saturated rings. The third-order valence-corrected chi connectivity index (χ3v) is 5.75. The first-order valence-electron chi connectivity index (χ1n) is 11.7. The van der Waals surface area contributed by atoms with Crippen LogP contribution >= 0.6 is 0 Å². The van der Waals surface area contributed by atoms with Gasteiger partial charge in [-0.1, -0.05) is 43.3 Å². The first-order chi connectivity index (χ1) is 16.9. The number of benzene rings is 2. The average Bonchev–Trinajstić information content (AvgIpc) is 3.40. The number of carbonyl (C=O) groups is 2. The van der Waals surface area contributed by atoms with Crippen LogP contribution in [0.2, 0.25) is 0 Å². The average molecular weight is 476 g/mol. The summed E-state index contributed by atoms with van der Waals surface area (Å²) in [5.41, 5.74) is 1.47. The van der Waals surface area contributed by atoms with Gasteiger partial charge in [0.2, 0.25) is 5.78 Å². The Morgan fingerprint density at radius 1 is 1.03 bits per heavy atom. The smallest absolute Gasteiger partial charge is 0.290 e. The summed E-state index contributed by atoms with van der Waals surface area (Å²) >= 11 is 0. The van der Waals surface area contributed by atoms with Crippen LogP contribution in [-0.4, -0.2) is 34.9 Å². The summed E-state index contributed by atoms with van der Waals surface area (Å²) in [6.07, 6.45) is 0.840. The molecule has 2 heterocycles. The van der Waals surface area contributed by atoms with E-state index < -0.39 is 23.5 Å². The molecule has 2 aromatic carbocycles. The Hall–Kier alpha value is -4.00. The monoisotopic (exact) mass is 475 g/mol. The molecule has 1 aliphatic heterocycles. The minimum atomic E-state index is -0.833. The van der Waals surface area contributed by atoms with Crippen molar-refractivity contribution in [3.8, 4) is 11.5 Å². The normalized spacial score (nSPS) is 15.6. The molecule has 1 aliphatic rings. The van der Waals surface area contributed by atoms with Crippen molar-refractivity contribution < 1.29 is 28.6 Å². The molecule has 1 aromatic heterocycles. The molecule has 3 aromatic rings. The number of hydrogen-bond acceptors (Lipinski definition) is 6. The van der Waals surface area contributed by atoms with Gasteiger partial charge < -0.3 is 23.9 Å². The van der Waals surface area contributed by atoms with Crippen LogP contribution in [0.5, 0.6) is 11.5 Å². The number of amides is 1. The number of rotatable bonds is 10. The molecule has 0 radical (unpaired) electrons. The molecule has 1 atom stereocenters. The second kappa shape index (κ2) is 10.5. The molecule has 35 heavy (non-hydrogen) atoms. The molecule has 4 rings (SSSR count). The van der Waals surface area contributed by atoms with Gasteiger partial charge in [-0.25, -0.2) is 0 Å². The van der Waals surface area contributed by atoms with Gasteiger partial charge in [0.15, 0.2) is 23.0 Å². The van der Waals surface area contributed by atoms with E-state index in [2.05, 4.69) is 0 Å². The van der Waals surface area contributed by atoms with Crippen LogP contribution in [0.15, 0.2) is 76.4 Å². The minimum Gasteiger partial charge on any atom is -0.503 e. The van der Waals surface area contributed by atoms with Crippen LogP contribution in [0, 0.1) is 6.92 Å². The van der Waals surface area contributed by atoms with Gasteiger partial charge in [-0.05, 0) is 55.7 Å². The second-order valence-electron chi connectivity index (χ2n) is 8.31. The molecule has 0 saturated carbocycles. The van der Waals surface area contributed by atoms with Crippen LogP contribution < -0.4 is 9.47 Å². The van der Waals surface area contributed by atoms with E-state index in [-0.39, 0.29) is 17.9 Å². The first kappa shape index (κ1) is 24.1. The Morgan fingerprint density at radius 2 is 1.80 bits per heavy atom. The van der Waals surface area contributed by atoms with Crippen LogP contribution in [0.3, 0.4) is 0 Å². The van der Waals surface area contributed by atoms with Crippen molar-refractivity contribution in [1.82, 2.24) is 4.90 Å². The third-order valence-electron chi connectivity index (χ3n) is 5.75. The van der Waals surface area contributed by atoms with Crippen LogP contribution in [0.4, 0.5) is 0 Å². The number of nitrogens with zero attached hydrogens (tertiary/aromatic N) is 1. The summed E-state index contributed by atoms with van der Waals surface area (Å²) in [5, 5.41) is 10.9. The predicted octanol–water partition coefficient (Wildman–Crippen LogP) is 5.55. The van der Waals surface area contributed by atoms with E-state index in [9.17, 15) is 14.7 Å². The number of aliphatic hydroxyl groups is 1. The van der Waals surface area contributed by atoms with Gasteiger partial charge in [0.1, 0.15) is 5.76 Å². The van der Waals surface area contributed by atoms with Gasteiger partial charge in [-0.3, -0.25) is 9.59 Å². The summed E-state index contributed by atoms with van der Waals surface area (Å²) in [5.74, 6) is -0.00245. The maximum Gasteiger partial charge on any atom is 0.290 e. The molecule has 0 saturated heterocycles. The van der Waals surface area contributed by atoms with Gasteiger partial charge in [0.05, 0.1) is 24.8 Å². The molecular formula is C28H29NO6. The Bertz CT molecular complexity index is 1240. The summed E-state index contributed by atoms with van der Waals surface area (Å²) < 4.78 is 17.2.